The van der Waals surface area contributed by atoms with Crippen molar-refractivity contribution in [2.24, 2.45) is 0 Å². The molecule has 2 N–H and O–H groups in total. The smallest absolute Gasteiger partial charge is 0.304 e. The molecular formula is C17H27NO4. The van der Waals surface area contributed by atoms with Gasteiger partial charge in [0.1, 0.15) is 5.75 Å². The van der Waals surface area contributed by atoms with Crippen molar-refractivity contribution >= 4 is 5.97 Å². The Morgan fingerprint density at radius 2 is 2.05 bits per heavy atom. The van der Waals surface area contributed by atoms with Gasteiger partial charge in [-0.05, 0) is 49.6 Å². The van der Waals surface area contributed by atoms with Gasteiger partial charge in [0.25, 0.3) is 0 Å². The van der Waals surface area contributed by atoms with Gasteiger partial charge < -0.3 is 19.8 Å². The molecule has 0 aliphatic carbocycles. The zero-order valence-corrected chi connectivity index (χ0v) is 13.7. The number of hydrogen-bond donors (Lipinski definition) is 2. The molecule has 1 aromatic carbocycles. The molecule has 1 rings (SSSR count). The van der Waals surface area contributed by atoms with Crippen molar-refractivity contribution in [3.05, 3.63) is 29.3 Å². The standard InChI is InChI=1S/C17H27NO4/c1-4-9-18(11-8-17(20)21)10-7-16(19)15-6-5-14(22-3)12-13(15)2/h5-6,12,16,19H,4,7-11H2,1-3H3,(H,20,21). The third kappa shape index (κ3) is 6.03. The highest BCUT2D eigenvalue weighted by atomic mass is 16.5. The van der Waals surface area contributed by atoms with E-state index in [-0.39, 0.29) is 6.42 Å². The zero-order chi connectivity index (χ0) is 16.5. The fraction of sp³-hybridized carbons (Fsp3) is 0.588. The summed E-state index contributed by atoms with van der Waals surface area (Å²) in [6.45, 7) is 6.08. The summed E-state index contributed by atoms with van der Waals surface area (Å²) in [4.78, 5) is 12.8. The second-order valence-corrected chi connectivity index (χ2v) is 5.51. The third-order valence-corrected chi connectivity index (χ3v) is 3.74. The number of aliphatic hydroxyl groups is 1. The van der Waals surface area contributed by atoms with E-state index in [1.54, 1.807) is 7.11 Å². The van der Waals surface area contributed by atoms with Gasteiger partial charge in [0.2, 0.25) is 0 Å². The number of carbonyl (C=O) groups is 1. The molecule has 0 spiro atoms. The van der Waals surface area contributed by atoms with E-state index < -0.39 is 12.1 Å². The second-order valence-electron chi connectivity index (χ2n) is 5.51. The largest absolute Gasteiger partial charge is 0.497 e. The molecule has 124 valence electrons. The molecule has 0 aliphatic heterocycles. The summed E-state index contributed by atoms with van der Waals surface area (Å²) in [5, 5.41) is 19.2. The van der Waals surface area contributed by atoms with Crippen molar-refractivity contribution in [3.8, 4) is 5.75 Å². The fourth-order valence-electron chi connectivity index (χ4n) is 2.51. The predicted molar refractivity (Wildman–Crippen MR) is 86.3 cm³/mol. The van der Waals surface area contributed by atoms with E-state index in [2.05, 4.69) is 11.8 Å². The molecule has 1 unspecified atom stereocenters. The van der Waals surface area contributed by atoms with E-state index in [1.165, 1.54) is 0 Å². The molecular weight excluding hydrogens is 282 g/mol. The Bertz CT molecular complexity index is 476. The zero-order valence-electron chi connectivity index (χ0n) is 13.7. The number of aliphatic carboxylic acids is 1. The Hall–Kier alpha value is -1.59. The highest BCUT2D eigenvalue weighted by Gasteiger charge is 2.14. The molecule has 0 saturated carbocycles. The van der Waals surface area contributed by atoms with Crippen LogP contribution in [0.2, 0.25) is 0 Å². The number of carboxylic acids is 1. The minimum absolute atomic E-state index is 0.137. The van der Waals surface area contributed by atoms with Crippen LogP contribution < -0.4 is 4.74 Å². The first-order valence-corrected chi connectivity index (χ1v) is 7.74. The maximum Gasteiger partial charge on any atom is 0.304 e. The van der Waals surface area contributed by atoms with Crippen LogP contribution >= 0.6 is 0 Å². The van der Waals surface area contributed by atoms with Crippen LogP contribution in [0.15, 0.2) is 18.2 Å². The van der Waals surface area contributed by atoms with E-state index in [4.69, 9.17) is 9.84 Å². The molecule has 0 heterocycles. The number of aliphatic hydroxyl groups excluding tert-OH is 1. The Balaban J connectivity index is 2.58. The molecule has 1 aromatic rings. The van der Waals surface area contributed by atoms with Crippen LogP contribution in [0, 0.1) is 6.92 Å². The van der Waals surface area contributed by atoms with Crippen molar-refractivity contribution < 1.29 is 19.7 Å². The molecule has 0 fully saturated rings. The average molecular weight is 309 g/mol. The SMILES string of the molecule is CCCN(CCC(=O)O)CCC(O)c1ccc(OC)cc1C. The Morgan fingerprint density at radius 3 is 2.59 bits per heavy atom. The van der Waals surface area contributed by atoms with E-state index >= 15 is 0 Å². The summed E-state index contributed by atoms with van der Waals surface area (Å²) in [6.07, 6.45) is 1.15. The number of methoxy groups -OCH3 is 1. The highest BCUT2D eigenvalue weighted by molar-refractivity contribution is 5.66. The number of rotatable bonds is 10. The molecule has 0 aromatic heterocycles. The van der Waals surface area contributed by atoms with Gasteiger partial charge in [-0.25, -0.2) is 0 Å². The topological polar surface area (TPSA) is 70.0 Å². The summed E-state index contributed by atoms with van der Waals surface area (Å²) in [6, 6.07) is 5.65. The van der Waals surface area contributed by atoms with Crippen LogP contribution in [0.25, 0.3) is 0 Å². The van der Waals surface area contributed by atoms with Crippen LogP contribution in [-0.2, 0) is 4.79 Å². The average Bonchev–Trinajstić information content (AvgIpc) is 2.49. The van der Waals surface area contributed by atoms with Crippen LogP contribution in [0.3, 0.4) is 0 Å². The van der Waals surface area contributed by atoms with Gasteiger partial charge >= 0.3 is 5.97 Å². The van der Waals surface area contributed by atoms with Gasteiger partial charge in [0.15, 0.2) is 0 Å². The number of ether oxygens (including phenoxy) is 1. The van der Waals surface area contributed by atoms with Gasteiger partial charge in [0, 0.05) is 13.1 Å². The van der Waals surface area contributed by atoms with E-state index in [0.29, 0.717) is 19.5 Å². The fourth-order valence-corrected chi connectivity index (χ4v) is 2.51. The summed E-state index contributed by atoms with van der Waals surface area (Å²) < 4.78 is 5.17. The van der Waals surface area contributed by atoms with E-state index in [1.807, 2.05) is 25.1 Å². The summed E-state index contributed by atoms with van der Waals surface area (Å²) in [7, 11) is 1.62. The molecule has 0 saturated heterocycles. The first-order valence-electron chi connectivity index (χ1n) is 7.74. The summed E-state index contributed by atoms with van der Waals surface area (Å²) in [5.41, 5.74) is 1.90. The molecule has 1 atom stereocenters. The van der Waals surface area contributed by atoms with Crippen LogP contribution in [0.1, 0.15) is 43.4 Å². The van der Waals surface area contributed by atoms with Crippen molar-refractivity contribution in [1.82, 2.24) is 4.90 Å². The lowest BCUT2D eigenvalue weighted by molar-refractivity contribution is -0.137. The van der Waals surface area contributed by atoms with Crippen LogP contribution in [-0.4, -0.2) is 47.8 Å². The first-order chi connectivity index (χ1) is 10.5. The van der Waals surface area contributed by atoms with Crippen molar-refractivity contribution in [2.75, 3.05) is 26.7 Å². The number of benzene rings is 1. The molecule has 0 bridgehead atoms. The molecule has 0 aliphatic rings. The van der Waals surface area contributed by atoms with Crippen LogP contribution in [0.4, 0.5) is 0 Å². The van der Waals surface area contributed by atoms with Crippen molar-refractivity contribution in [3.63, 3.8) is 0 Å². The first kappa shape index (κ1) is 18.5. The van der Waals surface area contributed by atoms with Crippen LogP contribution in [0.5, 0.6) is 5.75 Å². The van der Waals surface area contributed by atoms with Crippen molar-refractivity contribution in [2.45, 2.75) is 39.2 Å². The van der Waals surface area contributed by atoms with E-state index in [0.717, 1.165) is 29.8 Å². The van der Waals surface area contributed by atoms with Crippen molar-refractivity contribution in [1.29, 1.82) is 0 Å². The maximum atomic E-state index is 10.7. The lowest BCUT2D eigenvalue weighted by Crippen LogP contribution is -2.29. The van der Waals surface area contributed by atoms with Gasteiger partial charge in [0.05, 0.1) is 19.6 Å². The van der Waals surface area contributed by atoms with Gasteiger partial charge in [-0.3, -0.25) is 4.79 Å². The Morgan fingerprint density at radius 1 is 1.32 bits per heavy atom. The minimum atomic E-state index is -0.785. The predicted octanol–water partition coefficient (Wildman–Crippen LogP) is 2.61. The lowest BCUT2D eigenvalue weighted by Gasteiger charge is -2.23. The van der Waals surface area contributed by atoms with Gasteiger partial charge in [-0.2, -0.15) is 0 Å². The molecule has 5 nitrogen and oxygen atoms in total. The monoisotopic (exact) mass is 309 g/mol. The normalized spacial score (nSPS) is 12.4. The summed E-state index contributed by atoms with van der Waals surface area (Å²) in [5.74, 6) is -0.00447. The molecule has 0 radical (unpaired) electrons. The molecule has 22 heavy (non-hydrogen) atoms. The maximum absolute atomic E-state index is 10.7. The second kappa shape index (κ2) is 9.43. The van der Waals surface area contributed by atoms with Gasteiger partial charge in [-0.15, -0.1) is 0 Å². The summed E-state index contributed by atoms with van der Waals surface area (Å²) >= 11 is 0. The Kier molecular flexibility index (Phi) is 7.91. The lowest BCUT2D eigenvalue weighted by atomic mass is 10.0. The molecule has 0 amide bonds. The Labute approximate surface area is 132 Å². The molecule has 5 heteroatoms. The van der Waals surface area contributed by atoms with E-state index in [9.17, 15) is 9.90 Å². The van der Waals surface area contributed by atoms with Gasteiger partial charge in [-0.1, -0.05) is 13.0 Å². The quantitative estimate of drug-likeness (QED) is 0.695. The minimum Gasteiger partial charge on any atom is -0.497 e. The number of nitrogens with zero attached hydrogens (tertiary/aromatic N) is 1. The number of carboxylic acid groups (broad SMARTS) is 1. The third-order valence-electron chi connectivity index (χ3n) is 3.74. The number of hydrogen-bond acceptors (Lipinski definition) is 4. The highest BCUT2D eigenvalue weighted by Crippen LogP contribution is 2.24. The number of aryl methyl sites for hydroxylation is 1.